The van der Waals surface area contributed by atoms with Crippen LogP contribution in [0, 0.1) is 0 Å². The van der Waals surface area contributed by atoms with Gasteiger partial charge in [0.05, 0.1) is 5.60 Å². The number of nitrogens with one attached hydrogen (secondary N) is 2. The monoisotopic (exact) mass is 290 g/mol. The zero-order chi connectivity index (χ0) is 14.0. The number of fused-ring (bicyclic) bond motifs is 1. The molecule has 0 aliphatic carbocycles. The van der Waals surface area contributed by atoms with E-state index in [0.29, 0.717) is 12.2 Å². The molecule has 106 valence electrons. The Balaban J connectivity index is 1.69. The Kier molecular flexibility index (Phi) is 3.72. The van der Waals surface area contributed by atoms with Gasteiger partial charge in [-0.25, -0.2) is 0 Å². The van der Waals surface area contributed by atoms with Gasteiger partial charge in [0.15, 0.2) is 0 Å². The summed E-state index contributed by atoms with van der Waals surface area (Å²) in [6.07, 6.45) is 0.987. The summed E-state index contributed by atoms with van der Waals surface area (Å²) in [5.41, 5.74) is 1.38. The van der Waals surface area contributed by atoms with E-state index in [1.807, 2.05) is 42.1 Å². The van der Waals surface area contributed by atoms with Gasteiger partial charge in [0.1, 0.15) is 5.69 Å². The molecule has 1 unspecified atom stereocenters. The fourth-order valence-electron chi connectivity index (χ4n) is 2.49. The van der Waals surface area contributed by atoms with Crippen LogP contribution in [0.1, 0.15) is 16.9 Å². The predicted octanol–water partition coefficient (Wildman–Crippen LogP) is 2.42. The lowest BCUT2D eigenvalue weighted by atomic mass is 10.0. The fraction of sp³-hybridized carbons (Fsp3) is 0.400. The quantitative estimate of drug-likeness (QED) is 0.909. The summed E-state index contributed by atoms with van der Waals surface area (Å²) in [5.74, 6) is 1.96. The largest absolute Gasteiger partial charge is 0.376 e. The minimum atomic E-state index is -0.202. The summed E-state index contributed by atoms with van der Waals surface area (Å²) in [6.45, 7) is 0.560. The number of H-pyrrole nitrogens is 1. The van der Waals surface area contributed by atoms with E-state index in [0.717, 1.165) is 28.8 Å². The molecule has 2 aromatic rings. The minimum Gasteiger partial charge on any atom is -0.376 e. The lowest BCUT2D eigenvalue weighted by Crippen LogP contribution is -2.44. The van der Waals surface area contributed by atoms with Gasteiger partial charge in [-0.3, -0.25) is 4.79 Å². The molecule has 0 spiro atoms. The first-order valence-corrected chi connectivity index (χ1v) is 7.87. The highest BCUT2D eigenvalue weighted by Gasteiger charge is 2.34. The zero-order valence-corrected chi connectivity index (χ0v) is 12.3. The topological polar surface area (TPSA) is 54.1 Å². The fourth-order valence-corrected chi connectivity index (χ4v) is 3.89. The molecule has 1 amide bonds. The summed E-state index contributed by atoms with van der Waals surface area (Å²) in [4.78, 5) is 15.4. The van der Waals surface area contributed by atoms with Crippen molar-refractivity contribution < 1.29 is 9.53 Å². The van der Waals surface area contributed by atoms with E-state index in [1.54, 1.807) is 7.11 Å². The predicted molar refractivity (Wildman–Crippen MR) is 82.3 cm³/mol. The van der Waals surface area contributed by atoms with Gasteiger partial charge < -0.3 is 15.0 Å². The Morgan fingerprint density at radius 1 is 1.50 bits per heavy atom. The molecule has 1 aliphatic rings. The molecule has 5 heteroatoms. The molecule has 4 nitrogen and oxygen atoms in total. The van der Waals surface area contributed by atoms with Crippen LogP contribution in [0.15, 0.2) is 30.3 Å². The Hall–Kier alpha value is -1.46. The van der Waals surface area contributed by atoms with Crippen LogP contribution < -0.4 is 5.32 Å². The van der Waals surface area contributed by atoms with Crippen LogP contribution in [0.25, 0.3) is 10.9 Å². The first-order valence-electron chi connectivity index (χ1n) is 6.71. The van der Waals surface area contributed by atoms with Gasteiger partial charge in [0.2, 0.25) is 0 Å². The molecule has 1 aromatic heterocycles. The standard InChI is InChI=1S/C15H18N2O2S/c1-19-15(6-7-20-10-15)9-16-14(18)13-8-11-4-2-3-5-12(11)17-13/h2-5,8,17H,6-7,9-10H2,1H3,(H,16,18). The van der Waals surface area contributed by atoms with Crippen molar-refractivity contribution in [1.82, 2.24) is 10.3 Å². The number of ether oxygens (including phenoxy) is 1. The summed E-state index contributed by atoms with van der Waals surface area (Å²) >= 11 is 1.87. The first kappa shape index (κ1) is 13.5. The number of thioether (sulfide) groups is 1. The van der Waals surface area contributed by atoms with Crippen LogP contribution in [0.4, 0.5) is 0 Å². The number of carbonyl (C=O) groups excluding carboxylic acids is 1. The molecule has 0 saturated carbocycles. The van der Waals surface area contributed by atoms with Gasteiger partial charge in [-0.15, -0.1) is 0 Å². The third-order valence-corrected chi connectivity index (χ3v) is 5.07. The number of benzene rings is 1. The van der Waals surface area contributed by atoms with E-state index in [2.05, 4.69) is 10.3 Å². The SMILES string of the molecule is COC1(CNC(=O)c2cc3ccccc3[nH]2)CCSC1. The second-order valence-electron chi connectivity index (χ2n) is 5.14. The van der Waals surface area contributed by atoms with Crippen molar-refractivity contribution in [3.63, 3.8) is 0 Å². The average Bonchev–Trinajstić information content (AvgIpc) is 3.12. The lowest BCUT2D eigenvalue weighted by molar-refractivity contribution is 0.0137. The highest BCUT2D eigenvalue weighted by molar-refractivity contribution is 7.99. The van der Waals surface area contributed by atoms with Crippen LogP contribution in [0.2, 0.25) is 0 Å². The average molecular weight is 290 g/mol. The Morgan fingerprint density at radius 3 is 3.05 bits per heavy atom. The van der Waals surface area contributed by atoms with Gasteiger partial charge in [-0.1, -0.05) is 18.2 Å². The number of aromatic nitrogens is 1. The van der Waals surface area contributed by atoms with Crippen molar-refractivity contribution in [2.75, 3.05) is 25.2 Å². The van der Waals surface area contributed by atoms with E-state index in [1.165, 1.54) is 0 Å². The maximum absolute atomic E-state index is 12.2. The number of aromatic amines is 1. The molecule has 1 aromatic carbocycles. The normalized spacial score (nSPS) is 22.2. The van der Waals surface area contributed by atoms with Crippen molar-refractivity contribution in [3.05, 3.63) is 36.0 Å². The Bertz CT molecular complexity index is 584. The second-order valence-corrected chi connectivity index (χ2v) is 6.25. The van der Waals surface area contributed by atoms with E-state index in [9.17, 15) is 4.79 Å². The van der Waals surface area contributed by atoms with E-state index in [4.69, 9.17) is 4.74 Å². The van der Waals surface area contributed by atoms with Crippen molar-refractivity contribution in [1.29, 1.82) is 0 Å². The lowest BCUT2D eigenvalue weighted by Gasteiger charge is -2.26. The highest BCUT2D eigenvalue weighted by atomic mass is 32.2. The summed E-state index contributed by atoms with van der Waals surface area (Å²) in [7, 11) is 1.72. The van der Waals surface area contributed by atoms with Crippen LogP contribution in [0.3, 0.4) is 0 Å². The minimum absolute atomic E-state index is 0.0745. The van der Waals surface area contributed by atoms with Gasteiger partial charge in [0, 0.05) is 30.3 Å². The molecular weight excluding hydrogens is 272 g/mol. The van der Waals surface area contributed by atoms with Gasteiger partial charge >= 0.3 is 0 Å². The van der Waals surface area contributed by atoms with Crippen LogP contribution in [-0.2, 0) is 4.74 Å². The molecule has 1 saturated heterocycles. The summed E-state index contributed by atoms with van der Waals surface area (Å²) < 4.78 is 5.60. The van der Waals surface area contributed by atoms with Crippen LogP contribution >= 0.6 is 11.8 Å². The maximum atomic E-state index is 12.2. The molecule has 0 radical (unpaired) electrons. The number of methoxy groups -OCH3 is 1. The van der Waals surface area contributed by atoms with Crippen molar-refractivity contribution in [3.8, 4) is 0 Å². The molecule has 1 atom stereocenters. The molecule has 1 fully saturated rings. The number of carbonyl (C=O) groups is 1. The molecule has 20 heavy (non-hydrogen) atoms. The molecule has 2 heterocycles. The smallest absolute Gasteiger partial charge is 0.267 e. The number of para-hydroxylation sites is 1. The third kappa shape index (κ3) is 2.55. The first-order chi connectivity index (χ1) is 9.72. The van der Waals surface area contributed by atoms with Crippen LogP contribution in [0.5, 0.6) is 0 Å². The number of hydrogen-bond donors (Lipinski definition) is 2. The van der Waals surface area contributed by atoms with E-state index < -0.39 is 0 Å². The number of rotatable bonds is 4. The third-order valence-electron chi connectivity index (χ3n) is 3.85. The highest BCUT2D eigenvalue weighted by Crippen LogP contribution is 2.30. The molecule has 2 N–H and O–H groups in total. The van der Waals surface area contributed by atoms with Gasteiger partial charge in [-0.05, 0) is 24.3 Å². The Morgan fingerprint density at radius 2 is 2.35 bits per heavy atom. The van der Waals surface area contributed by atoms with E-state index in [-0.39, 0.29) is 11.5 Å². The van der Waals surface area contributed by atoms with Crippen LogP contribution in [-0.4, -0.2) is 41.7 Å². The molecular formula is C15H18N2O2S. The van der Waals surface area contributed by atoms with Gasteiger partial charge in [0.25, 0.3) is 5.91 Å². The summed E-state index contributed by atoms with van der Waals surface area (Å²) in [5, 5.41) is 4.04. The summed E-state index contributed by atoms with van der Waals surface area (Å²) in [6, 6.07) is 9.76. The van der Waals surface area contributed by atoms with Crippen molar-refractivity contribution in [2.45, 2.75) is 12.0 Å². The Labute approximate surface area is 122 Å². The zero-order valence-electron chi connectivity index (χ0n) is 11.4. The van der Waals surface area contributed by atoms with Crippen molar-refractivity contribution >= 4 is 28.6 Å². The molecule has 0 bridgehead atoms. The number of amides is 1. The molecule has 1 aliphatic heterocycles. The molecule has 3 rings (SSSR count). The van der Waals surface area contributed by atoms with Gasteiger partial charge in [-0.2, -0.15) is 11.8 Å². The van der Waals surface area contributed by atoms with E-state index >= 15 is 0 Å². The number of hydrogen-bond acceptors (Lipinski definition) is 3. The van der Waals surface area contributed by atoms with Crippen molar-refractivity contribution in [2.24, 2.45) is 0 Å². The maximum Gasteiger partial charge on any atom is 0.267 e. The second kappa shape index (κ2) is 5.50.